The second kappa shape index (κ2) is 3.88. The molecular weight excluding hydrogens is 99.0 g/mol. The fraction of sp³-hybridized carbons (Fsp3) is 0.600. The zero-order chi connectivity index (χ0) is 6.57. The Bertz CT molecular complexity index is 109. The average Bonchev–Trinajstić information content (AvgIpc) is 1.65. The second-order valence-electron chi connectivity index (χ2n) is 1.77. The first kappa shape index (κ1) is 7.94. The van der Waals surface area contributed by atoms with Crippen molar-refractivity contribution in [1.82, 2.24) is 0 Å². The number of hydrogen-bond donors (Lipinski definition) is 0. The van der Waals surface area contributed by atoms with Crippen molar-refractivity contribution in [2.75, 3.05) is 0 Å². The topological polar surface area (TPSA) is 34.1 Å². The van der Waals surface area contributed by atoms with E-state index in [1.807, 2.05) is 0 Å². The molecule has 0 aliphatic carbocycles. The molecule has 0 unspecified atom stereocenters. The molecule has 0 fully saturated rings. The minimum atomic E-state index is -0.0446. The molecule has 0 aromatic heterocycles. The number of hydrogen-bond acceptors (Lipinski definition) is 2. The van der Waals surface area contributed by atoms with Crippen LogP contribution in [0.15, 0.2) is 0 Å². The van der Waals surface area contributed by atoms with Crippen molar-refractivity contribution in [3.05, 3.63) is 0 Å². The van der Waals surface area contributed by atoms with Crippen LogP contribution in [0, 0.1) is 0 Å². The summed E-state index contributed by atoms with van der Waals surface area (Å²) in [5.41, 5.74) is 0. The summed E-state index contributed by atoms with van der Waals surface area (Å²) in [5.74, 6) is -0.0191. The summed E-state index contributed by atoms with van der Waals surface area (Å²) in [6.07, 6.45) is 0.108. The Kier molecular flexibility index (Phi) is 3.85. The van der Waals surface area contributed by atoms with Gasteiger partial charge in [-0.1, -0.05) is 0 Å². The Hall–Kier alpha value is -0.0626. The first-order chi connectivity index (χ1) is 3.66. The second-order valence-corrected chi connectivity index (χ2v) is 1.77. The maximum atomic E-state index is 10.4. The van der Waals surface area contributed by atoms with Crippen LogP contribution in [0.1, 0.15) is 13.3 Å². The fourth-order valence-electron chi connectivity index (χ4n) is 0.403. The average molecular weight is 106 g/mol. The van der Waals surface area contributed by atoms with E-state index in [9.17, 15) is 9.59 Å². The molecule has 0 amide bonds. The summed E-state index contributed by atoms with van der Waals surface area (Å²) in [6.45, 7) is 1.42. The molecule has 40 valence electrons. The molecule has 3 heteroatoms. The molecule has 0 aliphatic heterocycles. The quantitative estimate of drug-likeness (QED) is 0.378. The Morgan fingerprint density at radius 3 is 2.12 bits per heavy atom. The molecule has 0 radical (unpaired) electrons. The van der Waals surface area contributed by atoms with E-state index in [1.54, 1.807) is 17.7 Å². The van der Waals surface area contributed by atoms with Gasteiger partial charge in [-0.15, -0.1) is 0 Å². The predicted octanol–water partition coefficient (Wildman–Crippen LogP) is 0.121. The number of Topliss-reactive ketones (excluding diaryl/α,β-unsaturated/α-hetero) is 2. The molecular formula is C5H7LiO2. The maximum absolute atomic E-state index is 10.4. The van der Waals surface area contributed by atoms with Gasteiger partial charge < -0.3 is 0 Å². The van der Waals surface area contributed by atoms with Gasteiger partial charge in [-0.3, -0.25) is 0 Å². The molecule has 0 atom stereocenters. The van der Waals surface area contributed by atoms with Crippen molar-refractivity contribution >= 4 is 29.3 Å². The van der Waals surface area contributed by atoms with Crippen molar-refractivity contribution in [1.29, 1.82) is 0 Å². The molecule has 0 rings (SSSR count). The first-order valence-corrected chi connectivity index (χ1v) is 2.68. The third kappa shape index (κ3) is 4.11. The first-order valence-electron chi connectivity index (χ1n) is 2.68. The molecule has 2 nitrogen and oxygen atoms in total. The molecule has 0 saturated heterocycles. The van der Waals surface area contributed by atoms with Gasteiger partial charge in [-0.25, -0.2) is 0 Å². The molecule has 0 bridgehead atoms. The van der Waals surface area contributed by atoms with Crippen LogP contribution < -0.4 is 0 Å². The summed E-state index contributed by atoms with van der Waals surface area (Å²) in [4.78, 5) is 20.6. The van der Waals surface area contributed by atoms with Crippen molar-refractivity contribution in [3.8, 4) is 0 Å². The molecule has 0 aromatic carbocycles. The Balaban J connectivity index is 3.40. The molecule has 0 aliphatic rings. The van der Waals surface area contributed by atoms with Crippen LogP contribution in [0.4, 0.5) is 0 Å². The van der Waals surface area contributed by atoms with Crippen LogP contribution in [-0.2, 0) is 9.59 Å². The van der Waals surface area contributed by atoms with E-state index >= 15 is 0 Å². The Morgan fingerprint density at radius 1 is 1.50 bits per heavy atom. The van der Waals surface area contributed by atoms with Crippen molar-refractivity contribution < 1.29 is 9.59 Å². The van der Waals surface area contributed by atoms with E-state index in [-0.39, 0.29) is 18.0 Å². The molecule has 0 heterocycles. The number of carbonyl (C=O) groups is 2. The number of carbonyl (C=O) groups excluding carboxylic acids is 2. The summed E-state index contributed by atoms with van der Waals surface area (Å²) in [5, 5.41) is 0.472. The Labute approximate surface area is 57.8 Å². The third-order valence-electron chi connectivity index (χ3n) is 0.840. The number of rotatable bonds is 3. The normalized spacial score (nSPS) is 8.88. The van der Waals surface area contributed by atoms with Crippen LogP contribution in [0.5, 0.6) is 0 Å². The van der Waals surface area contributed by atoms with Crippen LogP contribution in [0.3, 0.4) is 0 Å². The van der Waals surface area contributed by atoms with Crippen molar-refractivity contribution in [2.45, 2.75) is 18.4 Å². The van der Waals surface area contributed by atoms with E-state index in [2.05, 4.69) is 0 Å². The van der Waals surface area contributed by atoms with Gasteiger partial charge in [0.2, 0.25) is 0 Å². The third-order valence-corrected chi connectivity index (χ3v) is 0.840. The molecule has 8 heavy (non-hydrogen) atoms. The summed E-state index contributed by atoms with van der Waals surface area (Å²) < 4.78 is 0. The van der Waals surface area contributed by atoms with Gasteiger partial charge in [0.25, 0.3) is 0 Å². The van der Waals surface area contributed by atoms with Gasteiger partial charge >= 0.3 is 57.3 Å². The van der Waals surface area contributed by atoms with Crippen LogP contribution in [0.25, 0.3) is 0 Å². The fourth-order valence-corrected chi connectivity index (χ4v) is 0.403. The van der Waals surface area contributed by atoms with E-state index < -0.39 is 0 Å². The van der Waals surface area contributed by atoms with Crippen LogP contribution in [0.2, 0.25) is 5.09 Å². The van der Waals surface area contributed by atoms with Crippen LogP contribution >= 0.6 is 0 Å². The predicted molar refractivity (Wildman–Crippen MR) is 30.9 cm³/mol. The monoisotopic (exact) mass is 106 g/mol. The van der Waals surface area contributed by atoms with Gasteiger partial charge in [-0.05, 0) is 0 Å². The molecule has 0 N–H and O–H groups in total. The number of ketones is 2. The molecule has 0 aromatic rings. The van der Waals surface area contributed by atoms with Crippen molar-refractivity contribution in [2.24, 2.45) is 0 Å². The van der Waals surface area contributed by atoms with E-state index in [1.165, 1.54) is 6.92 Å². The van der Waals surface area contributed by atoms with Gasteiger partial charge in [0, 0.05) is 0 Å². The van der Waals surface area contributed by atoms with Gasteiger partial charge in [0.1, 0.15) is 0 Å². The molecule has 0 saturated carbocycles. The van der Waals surface area contributed by atoms with Crippen molar-refractivity contribution in [3.63, 3.8) is 0 Å². The van der Waals surface area contributed by atoms with E-state index in [0.29, 0.717) is 5.09 Å². The summed E-state index contributed by atoms with van der Waals surface area (Å²) >= 11 is 1.76. The van der Waals surface area contributed by atoms with Gasteiger partial charge in [0.15, 0.2) is 0 Å². The molecule has 0 spiro atoms. The SMILES string of the molecule is [Li][CH2]C(=O)CC(C)=O. The van der Waals surface area contributed by atoms with Gasteiger partial charge in [0.05, 0.1) is 0 Å². The van der Waals surface area contributed by atoms with E-state index in [0.717, 1.165) is 0 Å². The minimum absolute atomic E-state index is 0.0255. The van der Waals surface area contributed by atoms with E-state index in [4.69, 9.17) is 0 Å². The summed E-state index contributed by atoms with van der Waals surface area (Å²) in [7, 11) is 0. The van der Waals surface area contributed by atoms with Crippen LogP contribution in [-0.4, -0.2) is 29.3 Å². The summed E-state index contributed by atoms with van der Waals surface area (Å²) in [6, 6.07) is 0. The van der Waals surface area contributed by atoms with Gasteiger partial charge in [-0.2, -0.15) is 0 Å². The standard InChI is InChI=1S/C5H7O2.Li/c1-4(6)3-5(2)7;/h1,3H2,2H3;. The Morgan fingerprint density at radius 2 is 2.00 bits per heavy atom. The zero-order valence-electron chi connectivity index (χ0n) is 5.23. The zero-order valence-corrected chi connectivity index (χ0v) is 5.23.